The van der Waals surface area contributed by atoms with E-state index in [2.05, 4.69) is 10.6 Å². The smallest absolute Gasteiger partial charge is 0.244 e. The van der Waals surface area contributed by atoms with Crippen LogP contribution >= 0.6 is 11.6 Å². The summed E-state index contributed by atoms with van der Waals surface area (Å²) in [5.41, 5.74) is 1.28. The third-order valence-corrected chi connectivity index (χ3v) is 6.82. The highest BCUT2D eigenvalue weighted by atomic mass is 35.5. The molecule has 0 unspecified atom stereocenters. The average molecular weight is 438 g/mol. The van der Waals surface area contributed by atoms with Gasteiger partial charge in [0.1, 0.15) is 4.90 Å². The first-order valence-electron chi connectivity index (χ1n) is 9.14. The van der Waals surface area contributed by atoms with Crippen LogP contribution in [0.2, 0.25) is 5.02 Å². The van der Waals surface area contributed by atoms with Gasteiger partial charge >= 0.3 is 0 Å². The van der Waals surface area contributed by atoms with E-state index in [4.69, 9.17) is 11.6 Å². The van der Waals surface area contributed by atoms with Gasteiger partial charge in [-0.1, -0.05) is 37.6 Å². The minimum atomic E-state index is -3.73. The van der Waals surface area contributed by atoms with Crippen molar-refractivity contribution in [3.8, 4) is 0 Å². The molecule has 2 aromatic carbocycles. The number of hydrogen-bond donors (Lipinski definition) is 2. The number of hydrogen-bond acceptors (Lipinski definition) is 5. The third kappa shape index (κ3) is 5.56. The number of nitrogens with zero attached hydrogens (tertiary/aromatic N) is 1. The summed E-state index contributed by atoms with van der Waals surface area (Å²) < 4.78 is 26.8. The Morgan fingerprint density at radius 1 is 1.07 bits per heavy atom. The van der Waals surface area contributed by atoms with Gasteiger partial charge in [0, 0.05) is 24.3 Å². The lowest BCUT2D eigenvalue weighted by Gasteiger charge is -2.20. The second-order valence-electron chi connectivity index (χ2n) is 6.24. The van der Waals surface area contributed by atoms with Gasteiger partial charge in [-0.2, -0.15) is 4.31 Å². The second kappa shape index (κ2) is 9.87. The number of benzene rings is 2. The van der Waals surface area contributed by atoms with Gasteiger partial charge < -0.3 is 10.6 Å². The molecule has 2 rings (SSSR count). The van der Waals surface area contributed by atoms with E-state index in [1.54, 1.807) is 44.2 Å². The molecule has 1 amide bonds. The van der Waals surface area contributed by atoms with Crippen molar-refractivity contribution in [3.05, 3.63) is 53.1 Å². The fourth-order valence-electron chi connectivity index (χ4n) is 2.79. The van der Waals surface area contributed by atoms with Gasteiger partial charge in [0.25, 0.3) is 0 Å². The van der Waals surface area contributed by atoms with Gasteiger partial charge in [-0.05, 0) is 37.3 Å². The summed E-state index contributed by atoms with van der Waals surface area (Å²) in [6, 6.07) is 11.2. The number of nitrogens with one attached hydrogen (secondary N) is 2. The zero-order valence-corrected chi connectivity index (χ0v) is 18.1. The van der Waals surface area contributed by atoms with Crippen LogP contribution in [0.3, 0.4) is 0 Å². The Morgan fingerprint density at radius 3 is 2.34 bits per heavy atom. The maximum atomic E-state index is 12.8. The van der Waals surface area contributed by atoms with Crippen molar-refractivity contribution in [2.45, 2.75) is 25.7 Å². The molecule has 0 aliphatic heterocycles. The van der Waals surface area contributed by atoms with Crippen LogP contribution < -0.4 is 10.6 Å². The molecule has 2 aromatic rings. The topological polar surface area (TPSA) is 95.6 Å². The van der Waals surface area contributed by atoms with Crippen molar-refractivity contribution in [2.75, 3.05) is 30.3 Å². The summed E-state index contributed by atoms with van der Waals surface area (Å²) in [5.74, 6) is -0.528. The summed E-state index contributed by atoms with van der Waals surface area (Å²) in [5, 5.41) is 5.68. The lowest BCUT2D eigenvalue weighted by Crippen LogP contribution is -2.31. The fourth-order valence-corrected chi connectivity index (χ4v) is 4.75. The van der Waals surface area contributed by atoms with Crippen LogP contribution in [0.25, 0.3) is 0 Å². The molecule has 0 saturated carbocycles. The van der Waals surface area contributed by atoms with E-state index in [-0.39, 0.29) is 28.2 Å². The number of Topliss-reactive ketones (excluding diaryl/α,β-unsaturated/α-hetero) is 1. The van der Waals surface area contributed by atoms with Crippen molar-refractivity contribution in [2.24, 2.45) is 0 Å². The fraction of sp³-hybridized carbons (Fsp3) is 0.300. The summed E-state index contributed by atoms with van der Waals surface area (Å²) in [6.45, 7) is 5.46. The van der Waals surface area contributed by atoms with E-state index in [1.165, 1.54) is 23.4 Å². The third-order valence-electron chi connectivity index (χ3n) is 4.29. The Labute approximate surface area is 176 Å². The Morgan fingerprint density at radius 2 is 1.72 bits per heavy atom. The first-order chi connectivity index (χ1) is 13.7. The Balaban J connectivity index is 2.14. The van der Waals surface area contributed by atoms with Gasteiger partial charge in [0.2, 0.25) is 15.9 Å². The van der Waals surface area contributed by atoms with Crippen LogP contribution in [0.5, 0.6) is 0 Å². The average Bonchev–Trinajstić information content (AvgIpc) is 2.68. The molecule has 2 N–H and O–H groups in total. The number of halogens is 1. The second-order valence-corrected chi connectivity index (χ2v) is 8.55. The maximum Gasteiger partial charge on any atom is 0.244 e. The standard InChI is InChI=1S/C20H24ClN3O4S/c1-4-24(5-2)29(27,28)19-12-15(10-11-17(19)21)22-13-20(26)23-18-9-7-6-8-16(18)14(3)25/h6-12,22H,4-5,13H2,1-3H3,(H,23,26). The van der Waals surface area contributed by atoms with Crippen molar-refractivity contribution in [1.29, 1.82) is 0 Å². The predicted octanol–water partition coefficient (Wildman–Crippen LogP) is 3.62. The van der Waals surface area contributed by atoms with Crippen LogP contribution in [0.4, 0.5) is 11.4 Å². The molecule has 0 aliphatic carbocycles. The molecular weight excluding hydrogens is 414 g/mol. The zero-order valence-electron chi connectivity index (χ0n) is 16.5. The van der Waals surface area contributed by atoms with E-state index < -0.39 is 10.0 Å². The number of para-hydroxylation sites is 1. The normalized spacial score (nSPS) is 11.3. The van der Waals surface area contributed by atoms with E-state index in [1.807, 2.05) is 0 Å². The van der Waals surface area contributed by atoms with Crippen LogP contribution in [0.1, 0.15) is 31.1 Å². The first-order valence-corrected chi connectivity index (χ1v) is 11.0. The molecular formula is C20H24ClN3O4S. The van der Waals surface area contributed by atoms with Crippen LogP contribution in [-0.2, 0) is 14.8 Å². The monoisotopic (exact) mass is 437 g/mol. The summed E-state index contributed by atoms with van der Waals surface area (Å²) in [7, 11) is -3.73. The molecule has 156 valence electrons. The molecule has 0 aliphatic rings. The first kappa shape index (κ1) is 22.9. The number of ketones is 1. The molecule has 0 aromatic heterocycles. The van der Waals surface area contributed by atoms with Gasteiger partial charge in [-0.3, -0.25) is 9.59 Å². The van der Waals surface area contributed by atoms with Crippen LogP contribution in [0.15, 0.2) is 47.4 Å². The van der Waals surface area contributed by atoms with Crippen LogP contribution in [0, 0.1) is 0 Å². The van der Waals surface area contributed by atoms with Gasteiger partial charge in [0.05, 0.1) is 17.3 Å². The van der Waals surface area contributed by atoms with Gasteiger partial charge in [-0.15, -0.1) is 0 Å². The van der Waals surface area contributed by atoms with E-state index in [0.717, 1.165) is 0 Å². The number of amides is 1. The summed E-state index contributed by atoms with van der Waals surface area (Å²) in [4.78, 5) is 23.9. The largest absolute Gasteiger partial charge is 0.376 e. The molecule has 0 heterocycles. The molecule has 0 saturated heterocycles. The van der Waals surface area contributed by atoms with E-state index in [9.17, 15) is 18.0 Å². The van der Waals surface area contributed by atoms with Crippen molar-refractivity contribution < 1.29 is 18.0 Å². The number of anilines is 2. The van der Waals surface area contributed by atoms with Gasteiger partial charge in [-0.25, -0.2) is 8.42 Å². The Bertz CT molecular complexity index is 1000. The van der Waals surface area contributed by atoms with Crippen molar-refractivity contribution in [3.63, 3.8) is 0 Å². The van der Waals surface area contributed by atoms with Crippen molar-refractivity contribution in [1.82, 2.24) is 4.31 Å². The SMILES string of the molecule is CCN(CC)S(=O)(=O)c1cc(NCC(=O)Nc2ccccc2C(C)=O)ccc1Cl. The minimum absolute atomic E-state index is 0.0183. The number of rotatable bonds is 9. The van der Waals surface area contributed by atoms with E-state index in [0.29, 0.717) is 30.0 Å². The van der Waals surface area contributed by atoms with Crippen LogP contribution in [-0.4, -0.2) is 44.0 Å². The molecule has 9 heteroatoms. The quantitative estimate of drug-likeness (QED) is 0.584. The molecule has 7 nitrogen and oxygen atoms in total. The lowest BCUT2D eigenvalue weighted by atomic mass is 10.1. The predicted molar refractivity (Wildman–Crippen MR) is 115 cm³/mol. The van der Waals surface area contributed by atoms with E-state index >= 15 is 0 Å². The Hall–Kier alpha value is -2.42. The molecule has 0 spiro atoms. The highest BCUT2D eigenvalue weighted by molar-refractivity contribution is 7.89. The molecule has 0 radical (unpaired) electrons. The maximum absolute atomic E-state index is 12.8. The number of carbonyl (C=O) groups is 2. The van der Waals surface area contributed by atoms with Gasteiger partial charge in [0.15, 0.2) is 5.78 Å². The highest BCUT2D eigenvalue weighted by Crippen LogP contribution is 2.27. The number of carbonyl (C=O) groups excluding carboxylic acids is 2. The highest BCUT2D eigenvalue weighted by Gasteiger charge is 2.24. The summed E-state index contributed by atoms with van der Waals surface area (Å²) >= 11 is 6.11. The molecule has 29 heavy (non-hydrogen) atoms. The zero-order chi connectivity index (χ0) is 21.6. The van der Waals surface area contributed by atoms with Crippen molar-refractivity contribution >= 4 is 44.7 Å². The minimum Gasteiger partial charge on any atom is -0.376 e. The molecule has 0 atom stereocenters. The number of sulfonamides is 1. The molecule has 0 bridgehead atoms. The summed E-state index contributed by atoms with van der Waals surface area (Å²) in [6.07, 6.45) is 0. The lowest BCUT2D eigenvalue weighted by molar-refractivity contribution is -0.114. The molecule has 0 fully saturated rings. The Kier molecular flexibility index (Phi) is 7.78.